The van der Waals surface area contributed by atoms with Crippen molar-refractivity contribution in [1.29, 1.82) is 0 Å². The van der Waals surface area contributed by atoms with Gasteiger partial charge in [-0.25, -0.2) is 13.2 Å². The van der Waals surface area contributed by atoms with Crippen molar-refractivity contribution < 1.29 is 13.2 Å². The lowest BCUT2D eigenvalue weighted by atomic mass is 10.3. The second-order valence-electron chi connectivity index (χ2n) is 7.19. The Morgan fingerprint density at radius 2 is 1.72 bits per heavy atom. The minimum atomic E-state index is -3.55. The molecule has 3 rings (SSSR count). The van der Waals surface area contributed by atoms with Crippen molar-refractivity contribution in [2.24, 2.45) is 0 Å². The summed E-state index contributed by atoms with van der Waals surface area (Å²) in [4.78, 5) is 30.4. The number of piperazine rings is 1. The number of sulfonamides is 1. The van der Waals surface area contributed by atoms with Crippen LogP contribution in [-0.2, 0) is 21.4 Å². The van der Waals surface area contributed by atoms with Crippen molar-refractivity contribution in [2.75, 3.05) is 38.5 Å². The monoisotopic (exact) mass is 419 g/mol. The number of hydrogen-bond donors (Lipinski definition) is 1. The van der Waals surface area contributed by atoms with Crippen molar-refractivity contribution in [1.82, 2.24) is 18.8 Å². The van der Waals surface area contributed by atoms with Gasteiger partial charge in [0.05, 0.1) is 4.90 Å². The molecule has 1 aliphatic heterocycles. The summed E-state index contributed by atoms with van der Waals surface area (Å²) in [6.07, 6.45) is 0. The lowest BCUT2D eigenvalue weighted by Gasteiger charge is -2.31. The highest BCUT2D eigenvalue weighted by Crippen LogP contribution is 2.19. The van der Waals surface area contributed by atoms with Crippen LogP contribution in [0.3, 0.4) is 0 Å². The van der Waals surface area contributed by atoms with Gasteiger partial charge in [-0.05, 0) is 51.2 Å². The quantitative estimate of drug-likeness (QED) is 0.754. The number of benzene rings is 1. The zero-order valence-corrected chi connectivity index (χ0v) is 17.6. The molecule has 9 nitrogen and oxygen atoms in total. The summed E-state index contributed by atoms with van der Waals surface area (Å²) in [5, 5.41) is 2.68. The first-order valence-corrected chi connectivity index (χ1v) is 10.7. The SMILES string of the molecule is Cc1cc(C)n(CC(=O)Nc2ccc(S(=O)(=O)N3CCN(C)CC3)cc2)c(=O)n1. The van der Waals surface area contributed by atoms with Crippen LogP contribution in [0.5, 0.6) is 0 Å². The van der Waals surface area contributed by atoms with Crippen LogP contribution < -0.4 is 11.0 Å². The minimum absolute atomic E-state index is 0.167. The summed E-state index contributed by atoms with van der Waals surface area (Å²) in [6, 6.07) is 7.78. The first-order valence-electron chi connectivity index (χ1n) is 9.30. The van der Waals surface area contributed by atoms with E-state index in [1.54, 1.807) is 32.0 Å². The normalized spacial score (nSPS) is 16.0. The van der Waals surface area contributed by atoms with E-state index >= 15 is 0 Å². The number of nitrogens with zero attached hydrogens (tertiary/aromatic N) is 4. The number of amides is 1. The fraction of sp³-hybridized carbons (Fsp3) is 0.421. The highest BCUT2D eigenvalue weighted by Gasteiger charge is 2.27. The summed E-state index contributed by atoms with van der Waals surface area (Å²) < 4.78 is 28.3. The van der Waals surface area contributed by atoms with Crippen LogP contribution in [0, 0.1) is 13.8 Å². The summed E-state index contributed by atoms with van der Waals surface area (Å²) in [6.45, 7) is 5.59. The van der Waals surface area contributed by atoms with Gasteiger partial charge in [0.1, 0.15) is 6.54 Å². The highest BCUT2D eigenvalue weighted by atomic mass is 32.2. The average molecular weight is 420 g/mol. The molecule has 0 aliphatic carbocycles. The molecule has 1 aromatic heterocycles. The Kier molecular flexibility index (Phi) is 6.15. The zero-order chi connectivity index (χ0) is 21.2. The van der Waals surface area contributed by atoms with Crippen LogP contribution >= 0.6 is 0 Å². The van der Waals surface area contributed by atoms with Crippen LogP contribution in [-0.4, -0.2) is 66.3 Å². The molecule has 1 N–H and O–H groups in total. The van der Waals surface area contributed by atoms with Crippen molar-refractivity contribution in [3.63, 3.8) is 0 Å². The molecule has 1 saturated heterocycles. The molecule has 2 aromatic rings. The lowest BCUT2D eigenvalue weighted by molar-refractivity contribution is -0.116. The smallest absolute Gasteiger partial charge is 0.325 e. The molecule has 10 heteroatoms. The van der Waals surface area contributed by atoms with Crippen LogP contribution in [0.2, 0.25) is 0 Å². The van der Waals surface area contributed by atoms with E-state index in [2.05, 4.69) is 15.2 Å². The Hall–Kier alpha value is -2.56. The summed E-state index contributed by atoms with van der Waals surface area (Å²) in [5.41, 5.74) is 1.22. The van der Waals surface area contributed by atoms with E-state index in [1.807, 2.05) is 7.05 Å². The third-order valence-corrected chi connectivity index (χ3v) is 6.80. The molecule has 29 heavy (non-hydrogen) atoms. The predicted molar refractivity (Wildman–Crippen MR) is 109 cm³/mol. The molecule has 0 saturated carbocycles. The molecule has 0 unspecified atom stereocenters. The van der Waals surface area contributed by atoms with Crippen LogP contribution in [0.15, 0.2) is 40.0 Å². The van der Waals surface area contributed by atoms with Gasteiger partial charge in [-0.1, -0.05) is 0 Å². The minimum Gasteiger partial charge on any atom is -0.325 e. The highest BCUT2D eigenvalue weighted by molar-refractivity contribution is 7.89. The molecule has 1 amide bonds. The maximum absolute atomic E-state index is 12.7. The van der Waals surface area contributed by atoms with Crippen LogP contribution in [0.4, 0.5) is 5.69 Å². The van der Waals surface area contributed by atoms with Gasteiger partial charge in [-0.3, -0.25) is 9.36 Å². The van der Waals surface area contributed by atoms with Gasteiger partial charge in [0.15, 0.2) is 0 Å². The molecular formula is C19H25N5O4S. The largest absolute Gasteiger partial charge is 0.348 e. The predicted octanol–water partition coefficient (Wildman–Crippen LogP) is 0.435. The number of aryl methyl sites for hydroxylation is 2. The summed E-state index contributed by atoms with van der Waals surface area (Å²) in [7, 11) is -1.59. The third-order valence-electron chi connectivity index (χ3n) is 4.89. The van der Waals surface area contributed by atoms with Crippen LogP contribution in [0.25, 0.3) is 0 Å². The van der Waals surface area contributed by atoms with Crippen molar-refractivity contribution >= 4 is 21.6 Å². The fourth-order valence-corrected chi connectivity index (χ4v) is 4.62. The molecular weight excluding hydrogens is 394 g/mol. The number of rotatable bonds is 5. The molecule has 1 aliphatic rings. The molecule has 2 heterocycles. The number of aromatic nitrogens is 2. The van der Waals surface area contributed by atoms with E-state index in [-0.39, 0.29) is 11.4 Å². The molecule has 156 valence electrons. The Morgan fingerprint density at radius 3 is 2.31 bits per heavy atom. The molecule has 0 bridgehead atoms. The van der Waals surface area contributed by atoms with Crippen molar-refractivity contribution in [2.45, 2.75) is 25.3 Å². The molecule has 1 aromatic carbocycles. The van der Waals surface area contributed by atoms with Crippen molar-refractivity contribution in [3.8, 4) is 0 Å². The van der Waals surface area contributed by atoms with Crippen LogP contribution in [0.1, 0.15) is 11.4 Å². The van der Waals surface area contributed by atoms with E-state index in [1.165, 1.54) is 21.0 Å². The van der Waals surface area contributed by atoms with E-state index in [4.69, 9.17) is 0 Å². The Morgan fingerprint density at radius 1 is 1.10 bits per heavy atom. The van der Waals surface area contributed by atoms with E-state index < -0.39 is 21.6 Å². The third kappa shape index (κ3) is 4.89. The molecule has 1 fully saturated rings. The molecule has 0 atom stereocenters. The standard InChI is InChI=1S/C19H25N5O4S/c1-14-12-15(2)24(19(26)20-14)13-18(25)21-16-4-6-17(7-5-16)29(27,28)23-10-8-22(3)9-11-23/h4-7,12H,8-11,13H2,1-3H3,(H,21,25). The number of carbonyl (C=O) groups excluding carboxylic acids is 1. The van der Waals surface area contributed by atoms with Gasteiger partial charge < -0.3 is 10.2 Å². The average Bonchev–Trinajstić information content (AvgIpc) is 2.65. The number of hydrogen-bond acceptors (Lipinski definition) is 6. The number of carbonyl (C=O) groups is 1. The summed E-state index contributed by atoms with van der Waals surface area (Å²) >= 11 is 0. The Labute approximate surface area is 170 Å². The van der Waals surface area contributed by atoms with E-state index in [0.717, 1.165) is 0 Å². The topological polar surface area (TPSA) is 105 Å². The number of likely N-dealkylation sites (N-methyl/N-ethyl adjacent to an activating group) is 1. The summed E-state index contributed by atoms with van der Waals surface area (Å²) in [5.74, 6) is -0.393. The molecule has 0 spiro atoms. The van der Waals surface area contributed by atoms with Gasteiger partial charge in [0.25, 0.3) is 0 Å². The van der Waals surface area contributed by atoms with Gasteiger partial charge in [-0.2, -0.15) is 9.29 Å². The van der Waals surface area contributed by atoms with Crippen molar-refractivity contribution in [3.05, 3.63) is 52.2 Å². The number of nitrogens with one attached hydrogen (secondary N) is 1. The van der Waals surface area contributed by atoms with E-state index in [9.17, 15) is 18.0 Å². The first-order chi connectivity index (χ1) is 13.7. The lowest BCUT2D eigenvalue weighted by Crippen LogP contribution is -2.46. The molecule has 0 radical (unpaired) electrons. The second-order valence-corrected chi connectivity index (χ2v) is 9.13. The van der Waals surface area contributed by atoms with Gasteiger partial charge in [0.2, 0.25) is 15.9 Å². The second kappa shape index (κ2) is 8.44. The van der Waals surface area contributed by atoms with Gasteiger partial charge in [0, 0.05) is 43.3 Å². The first kappa shape index (κ1) is 21.2. The van der Waals surface area contributed by atoms with Gasteiger partial charge in [-0.15, -0.1) is 0 Å². The number of anilines is 1. The Bertz CT molecular complexity index is 1050. The van der Waals surface area contributed by atoms with E-state index in [0.29, 0.717) is 43.3 Å². The zero-order valence-electron chi connectivity index (χ0n) is 16.8. The Balaban J connectivity index is 1.68. The maximum atomic E-state index is 12.7. The fourth-order valence-electron chi connectivity index (χ4n) is 3.20. The van der Waals surface area contributed by atoms with Gasteiger partial charge >= 0.3 is 5.69 Å². The maximum Gasteiger partial charge on any atom is 0.348 e.